The Morgan fingerprint density at radius 1 is 0.778 bits per heavy atom. The number of nitrogens with one attached hydrogen (secondary N) is 2. The van der Waals surface area contributed by atoms with E-state index < -0.39 is 29.3 Å². The third-order valence-electron chi connectivity index (χ3n) is 3.56. The predicted molar refractivity (Wildman–Crippen MR) is 92.9 cm³/mol. The molecule has 2 amide bonds. The minimum absolute atomic E-state index is 0.0151. The van der Waals surface area contributed by atoms with Gasteiger partial charge < -0.3 is 10.6 Å². The molecule has 1 heterocycles. The maximum absolute atomic E-state index is 13.6. The van der Waals surface area contributed by atoms with E-state index in [9.17, 15) is 22.8 Å². The minimum atomic E-state index is -0.947. The van der Waals surface area contributed by atoms with E-state index in [1.807, 2.05) is 0 Å². The molecule has 0 saturated carbocycles. The summed E-state index contributed by atoms with van der Waals surface area (Å²) in [4.78, 5) is 28.3. The van der Waals surface area contributed by atoms with Crippen molar-refractivity contribution >= 4 is 23.2 Å². The van der Waals surface area contributed by atoms with Crippen LogP contribution in [0.4, 0.5) is 24.5 Å². The molecule has 0 saturated heterocycles. The molecule has 5 nitrogen and oxygen atoms in total. The largest absolute Gasteiger partial charge is 0.319 e. The average molecular weight is 371 g/mol. The summed E-state index contributed by atoms with van der Waals surface area (Å²) in [5.74, 6) is -3.78. The van der Waals surface area contributed by atoms with Crippen LogP contribution in [0.1, 0.15) is 20.8 Å². The van der Waals surface area contributed by atoms with Crippen molar-refractivity contribution in [2.75, 3.05) is 10.6 Å². The summed E-state index contributed by atoms with van der Waals surface area (Å²) in [7, 11) is 0. The molecule has 8 heteroatoms. The SMILES string of the molecule is O=C(Nc1ccccc1F)c1ccnc(C(=O)Nc2ccc(F)cc2F)c1. The fourth-order valence-corrected chi connectivity index (χ4v) is 2.23. The summed E-state index contributed by atoms with van der Waals surface area (Å²) in [5.41, 5.74) is -0.360. The van der Waals surface area contributed by atoms with Crippen LogP contribution in [0.15, 0.2) is 60.8 Å². The lowest BCUT2D eigenvalue weighted by Crippen LogP contribution is -2.17. The molecule has 3 aromatic rings. The van der Waals surface area contributed by atoms with Crippen LogP contribution >= 0.6 is 0 Å². The van der Waals surface area contributed by atoms with Crippen LogP contribution in [0.25, 0.3) is 0 Å². The van der Waals surface area contributed by atoms with Crippen LogP contribution in [-0.2, 0) is 0 Å². The van der Waals surface area contributed by atoms with Crippen molar-refractivity contribution in [3.63, 3.8) is 0 Å². The van der Waals surface area contributed by atoms with Gasteiger partial charge >= 0.3 is 0 Å². The molecule has 136 valence electrons. The van der Waals surface area contributed by atoms with Gasteiger partial charge in [-0.05, 0) is 36.4 Å². The van der Waals surface area contributed by atoms with Crippen molar-refractivity contribution in [3.8, 4) is 0 Å². The molecule has 0 radical (unpaired) electrons. The zero-order valence-corrected chi connectivity index (χ0v) is 13.7. The molecular formula is C19H12F3N3O2. The van der Waals surface area contributed by atoms with E-state index in [-0.39, 0.29) is 22.6 Å². The van der Waals surface area contributed by atoms with Gasteiger partial charge in [0.15, 0.2) is 0 Å². The lowest BCUT2D eigenvalue weighted by molar-refractivity contribution is 0.102. The van der Waals surface area contributed by atoms with Crippen LogP contribution < -0.4 is 10.6 Å². The monoisotopic (exact) mass is 371 g/mol. The number of carbonyl (C=O) groups excluding carboxylic acids is 2. The second kappa shape index (κ2) is 7.69. The number of anilines is 2. The number of hydrogen-bond donors (Lipinski definition) is 2. The minimum Gasteiger partial charge on any atom is -0.319 e. The van der Waals surface area contributed by atoms with E-state index >= 15 is 0 Å². The summed E-state index contributed by atoms with van der Waals surface area (Å²) in [6.45, 7) is 0. The summed E-state index contributed by atoms with van der Waals surface area (Å²) in [5, 5.41) is 4.63. The van der Waals surface area contributed by atoms with Crippen molar-refractivity contribution in [2.45, 2.75) is 0 Å². The van der Waals surface area contributed by atoms with Gasteiger partial charge in [0, 0.05) is 17.8 Å². The molecule has 0 atom stereocenters. The molecule has 0 unspecified atom stereocenters. The number of pyridine rings is 1. The van der Waals surface area contributed by atoms with Gasteiger partial charge in [-0.2, -0.15) is 0 Å². The van der Waals surface area contributed by atoms with E-state index in [0.29, 0.717) is 6.07 Å². The Bertz CT molecular complexity index is 1020. The summed E-state index contributed by atoms with van der Waals surface area (Å²) >= 11 is 0. The number of hydrogen-bond acceptors (Lipinski definition) is 3. The number of benzene rings is 2. The van der Waals surface area contributed by atoms with Gasteiger partial charge in [0.1, 0.15) is 23.1 Å². The highest BCUT2D eigenvalue weighted by Gasteiger charge is 2.15. The predicted octanol–water partition coefficient (Wildman–Crippen LogP) is 4.00. The first-order valence-electron chi connectivity index (χ1n) is 7.72. The number of para-hydroxylation sites is 1. The van der Waals surface area contributed by atoms with E-state index in [1.54, 1.807) is 6.07 Å². The van der Waals surface area contributed by atoms with Crippen molar-refractivity contribution in [1.29, 1.82) is 0 Å². The van der Waals surface area contributed by atoms with Crippen molar-refractivity contribution in [1.82, 2.24) is 4.98 Å². The van der Waals surface area contributed by atoms with Crippen LogP contribution in [0.5, 0.6) is 0 Å². The molecular weight excluding hydrogens is 359 g/mol. The molecule has 0 bridgehead atoms. The Labute approximate surface area is 151 Å². The van der Waals surface area contributed by atoms with Gasteiger partial charge in [0.2, 0.25) is 0 Å². The van der Waals surface area contributed by atoms with E-state index in [4.69, 9.17) is 0 Å². The zero-order valence-electron chi connectivity index (χ0n) is 13.7. The number of halogens is 3. The summed E-state index contributed by atoms with van der Waals surface area (Å²) in [6.07, 6.45) is 1.21. The molecule has 0 aliphatic heterocycles. The third kappa shape index (κ3) is 4.30. The second-order valence-corrected chi connectivity index (χ2v) is 5.44. The number of amides is 2. The van der Waals surface area contributed by atoms with E-state index in [1.165, 1.54) is 36.5 Å². The van der Waals surface area contributed by atoms with Gasteiger partial charge in [0.05, 0.1) is 11.4 Å². The third-order valence-corrected chi connectivity index (χ3v) is 3.56. The molecule has 2 N–H and O–H groups in total. The van der Waals surface area contributed by atoms with Gasteiger partial charge in [0.25, 0.3) is 11.8 Å². The smallest absolute Gasteiger partial charge is 0.274 e. The van der Waals surface area contributed by atoms with Crippen LogP contribution in [-0.4, -0.2) is 16.8 Å². The highest BCUT2D eigenvalue weighted by atomic mass is 19.1. The van der Waals surface area contributed by atoms with Crippen LogP contribution in [0.3, 0.4) is 0 Å². The second-order valence-electron chi connectivity index (χ2n) is 5.44. The first-order chi connectivity index (χ1) is 12.9. The van der Waals surface area contributed by atoms with E-state index in [0.717, 1.165) is 12.1 Å². The Hall–Kier alpha value is -3.68. The quantitative estimate of drug-likeness (QED) is 0.728. The molecule has 0 fully saturated rings. The average Bonchev–Trinajstić information content (AvgIpc) is 2.66. The molecule has 0 aliphatic rings. The van der Waals surface area contributed by atoms with Gasteiger partial charge in [-0.15, -0.1) is 0 Å². The number of aromatic nitrogens is 1. The van der Waals surface area contributed by atoms with Crippen molar-refractivity contribution in [2.24, 2.45) is 0 Å². The van der Waals surface area contributed by atoms with E-state index in [2.05, 4.69) is 15.6 Å². The zero-order chi connectivity index (χ0) is 19.4. The molecule has 2 aromatic carbocycles. The topological polar surface area (TPSA) is 71.1 Å². The fraction of sp³-hybridized carbons (Fsp3) is 0. The van der Waals surface area contributed by atoms with Gasteiger partial charge in [-0.25, -0.2) is 13.2 Å². The van der Waals surface area contributed by atoms with Gasteiger partial charge in [-0.1, -0.05) is 12.1 Å². The normalized spacial score (nSPS) is 10.3. The highest BCUT2D eigenvalue weighted by molar-refractivity contribution is 6.07. The molecule has 1 aromatic heterocycles. The number of rotatable bonds is 4. The number of carbonyl (C=O) groups is 2. The van der Waals surface area contributed by atoms with Crippen LogP contribution in [0, 0.1) is 17.5 Å². The Kier molecular flexibility index (Phi) is 5.16. The first kappa shape index (κ1) is 18.1. The Balaban J connectivity index is 1.77. The fourth-order valence-electron chi connectivity index (χ4n) is 2.23. The molecule has 27 heavy (non-hydrogen) atoms. The maximum atomic E-state index is 13.6. The Morgan fingerprint density at radius 3 is 2.22 bits per heavy atom. The Morgan fingerprint density at radius 2 is 1.48 bits per heavy atom. The van der Waals surface area contributed by atoms with Crippen molar-refractivity contribution in [3.05, 3.63) is 89.5 Å². The molecule has 0 aliphatic carbocycles. The first-order valence-corrected chi connectivity index (χ1v) is 7.72. The maximum Gasteiger partial charge on any atom is 0.274 e. The van der Waals surface area contributed by atoms with Crippen LogP contribution in [0.2, 0.25) is 0 Å². The lowest BCUT2D eigenvalue weighted by Gasteiger charge is -2.08. The van der Waals surface area contributed by atoms with Crippen molar-refractivity contribution < 1.29 is 22.8 Å². The lowest BCUT2D eigenvalue weighted by atomic mass is 10.2. The molecule has 0 spiro atoms. The summed E-state index contributed by atoms with van der Waals surface area (Å²) < 4.78 is 40.2. The van der Waals surface area contributed by atoms with Gasteiger partial charge in [-0.3, -0.25) is 14.6 Å². The molecule has 3 rings (SSSR count). The summed E-state index contributed by atoms with van der Waals surface area (Å²) in [6, 6.07) is 10.8. The highest BCUT2D eigenvalue weighted by Crippen LogP contribution is 2.17. The standard InChI is InChI=1S/C19H12F3N3O2/c20-12-5-6-16(14(22)10-12)25-19(27)17-9-11(7-8-23-17)18(26)24-15-4-2-1-3-13(15)21/h1-10H,(H,24,26)(H,25,27). The number of nitrogens with zero attached hydrogens (tertiary/aromatic N) is 1.